The van der Waals surface area contributed by atoms with Gasteiger partial charge in [-0.2, -0.15) is 0 Å². The molecule has 112 valence electrons. The summed E-state index contributed by atoms with van der Waals surface area (Å²) in [5.41, 5.74) is 0.685. The van der Waals surface area contributed by atoms with Crippen LogP contribution >= 0.6 is 11.8 Å². The smallest absolute Gasteiger partial charge is 0.248 e. The molecule has 2 atom stereocenters. The van der Waals surface area contributed by atoms with Gasteiger partial charge in [-0.25, -0.2) is 0 Å². The Bertz CT molecular complexity index is 592. The minimum absolute atomic E-state index is 0.0771. The monoisotopic (exact) mass is 306 g/mol. The Balaban J connectivity index is 1.75. The van der Waals surface area contributed by atoms with E-state index in [1.165, 1.54) is 0 Å². The van der Waals surface area contributed by atoms with Gasteiger partial charge < -0.3 is 15.0 Å². The normalized spacial score (nSPS) is 27.6. The van der Waals surface area contributed by atoms with Crippen LogP contribution in [0.25, 0.3) is 0 Å². The van der Waals surface area contributed by atoms with E-state index in [4.69, 9.17) is 4.74 Å². The van der Waals surface area contributed by atoms with Gasteiger partial charge in [-0.3, -0.25) is 9.59 Å². The third kappa shape index (κ3) is 2.48. The van der Waals surface area contributed by atoms with Crippen molar-refractivity contribution in [3.8, 4) is 5.75 Å². The fraction of sp³-hybridized carbons (Fsp3) is 0.467. The summed E-state index contributed by atoms with van der Waals surface area (Å²) >= 11 is 1.69. The Hall–Kier alpha value is -1.69. The maximum atomic E-state index is 12.5. The molecular formula is C15H18N2O3S. The number of nitrogens with one attached hydrogen (secondary N) is 1. The molecule has 2 fully saturated rings. The van der Waals surface area contributed by atoms with Crippen molar-refractivity contribution in [1.82, 2.24) is 4.90 Å². The molecule has 1 aromatic rings. The van der Waals surface area contributed by atoms with Crippen molar-refractivity contribution < 1.29 is 14.3 Å². The van der Waals surface area contributed by atoms with Crippen molar-refractivity contribution in [2.24, 2.45) is 0 Å². The quantitative estimate of drug-likeness (QED) is 0.929. The average molecular weight is 306 g/mol. The Kier molecular flexibility index (Phi) is 3.57. The number of carbonyl (C=O) groups is 2. The fourth-order valence-electron chi connectivity index (χ4n) is 2.94. The molecule has 6 heteroatoms. The average Bonchev–Trinajstić information content (AvgIpc) is 2.96. The highest BCUT2D eigenvalue weighted by atomic mass is 32.2. The summed E-state index contributed by atoms with van der Waals surface area (Å²) in [4.78, 5) is 26.1. The van der Waals surface area contributed by atoms with Crippen molar-refractivity contribution in [3.63, 3.8) is 0 Å². The molecule has 0 unspecified atom stereocenters. The molecule has 21 heavy (non-hydrogen) atoms. The number of rotatable bonds is 3. The molecule has 2 aliphatic rings. The van der Waals surface area contributed by atoms with Crippen molar-refractivity contribution >= 4 is 29.3 Å². The number of hydrogen-bond acceptors (Lipinski definition) is 4. The SMILES string of the molecule is COc1cccc(NC(=O)[C@H]2CS[C@@]3(C)CCC(=O)N23)c1. The molecule has 1 aromatic carbocycles. The number of carbonyl (C=O) groups excluding carboxylic acids is 2. The highest BCUT2D eigenvalue weighted by Crippen LogP contribution is 2.47. The lowest BCUT2D eigenvalue weighted by atomic mass is 10.2. The Morgan fingerprint density at radius 3 is 3.10 bits per heavy atom. The van der Waals surface area contributed by atoms with Gasteiger partial charge in [0.2, 0.25) is 11.8 Å². The van der Waals surface area contributed by atoms with E-state index in [-0.39, 0.29) is 22.7 Å². The second-order valence-corrected chi connectivity index (χ2v) is 6.99. The van der Waals surface area contributed by atoms with Gasteiger partial charge in [0, 0.05) is 23.9 Å². The van der Waals surface area contributed by atoms with E-state index in [1.807, 2.05) is 25.1 Å². The summed E-state index contributed by atoms with van der Waals surface area (Å²) < 4.78 is 5.14. The number of amides is 2. The summed E-state index contributed by atoms with van der Waals surface area (Å²) in [6.45, 7) is 2.04. The zero-order chi connectivity index (χ0) is 15.0. The molecule has 0 saturated carbocycles. The van der Waals surface area contributed by atoms with Gasteiger partial charge in [0.25, 0.3) is 0 Å². The predicted molar refractivity (Wildman–Crippen MR) is 82.4 cm³/mol. The maximum Gasteiger partial charge on any atom is 0.248 e. The highest BCUT2D eigenvalue weighted by Gasteiger charge is 2.52. The van der Waals surface area contributed by atoms with E-state index in [1.54, 1.807) is 29.8 Å². The Morgan fingerprint density at radius 1 is 1.52 bits per heavy atom. The second kappa shape index (κ2) is 5.26. The van der Waals surface area contributed by atoms with Crippen LogP contribution in [0.1, 0.15) is 19.8 Å². The standard InChI is InChI=1S/C15H18N2O3S/c1-15-7-6-13(18)17(15)12(9-21-15)14(19)16-10-4-3-5-11(8-10)20-2/h3-5,8,12H,6-7,9H2,1-2H3,(H,16,19)/t12-,15+/m1/s1. The number of methoxy groups -OCH3 is 1. The highest BCUT2D eigenvalue weighted by molar-refractivity contribution is 8.01. The van der Waals surface area contributed by atoms with Crippen LogP contribution in [0.5, 0.6) is 5.75 Å². The molecule has 1 N–H and O–H groups in total. The third-order valence-electron chi connectivity index (χ3n) is 4.08. The van der Waals surface area contributed by atoms with E-state index < -0.39 is 0 Å². The van der Waals surface area contributed by atoms with Crippen LogP contribution in [0, 0.1) is 0 Å². The van der Waals surface area contributed by atoms with E-state index >= 15 is 0 Å². The van der Waals surface area contributed by atoms with Crippen LogP contribution in [0.3, 0.4) is 0 Å². The van der Waals surface area contributed by atoms with E-state index in [0.717, 1.165) is 6.42 Å². The molecule has 5 nitrogen and oxygen atoms in total. The van der Waals surface area contributed by atoms with Crippen LogP contribution < -0.4 is 10.1 Å². The zero-order valence-electron chi connectivity index (χ0n) is 12.1. The summed E-state index contributed by atoms with van der Waals surface area (Å²) in [6.07, 6.45) is 1.35. The van der Waals surface area contributed by atoms with E-state index in [2.05, 4.69) is 5.32 Å². The lowest BCUT2D eigenvalue weighted by Crippen LogP contribution is -2.48. The van der Waals surface area contributed by atoms with Crippen LogP contribution in [0.15, 0.2) is 24.3 Å². The first kappa shape index (κ1) is 14.3. The van der Waals surface area contributed by atoms with Crippen molar-refractivity contribution in [1.29, 1.82) is 0 Å². The molecule has 2 saturated heterocycles. The maximum absolute atomic E-state index is 12.5. The van der Waals surface area contributed by atoms with Crippen molar-refractivity contribution in [3.05, 3.63) is 24.3 Å². The molecule has 0 spiro atoms. The van der Waals surface area contributed by atoms with Gasteiger partial charge in [0.1, 0.15) is 11.8 Å². The van der Waals surface area contributed by atoms with Gasteiger partial charge in [-0.1, -0.05) is 6.07 Å². The van der Waals surface area contributed by atoms with Gasteiger partial charge >= 0.3 is 0 Å². The molecular weight excluding hydrogens is 288 g/mol. The van der Waals surface area contributed by atoms with Crippen LogP contribution in [0.2, 0.25) is 0 Å². The summed E-state index contributed by atoms with van der Waals surface area (Å²) in [7, 11) is 1.59. The third-order valence-corrected chi connectivity index (χ3v) is 5.59. The molecule has 0 radical (unpaired) electrons. The van der Waals surface area contributed by atoms with Crippen LogP contribution in [-0.4, -0.2) is 40.5 Å². The first-order valence-corrected chi connectivity index (χ1v) is 7.93. The number of ether oxygens (including phenoxy) is 1. The molecule has 0 aliphatic carbocycles. The largest absolute Gasteiger partial charge is 0.497 e. The number of hydrogen-bond donors (Lipinski definition) is 1. The number of thioether (sulfide) groups is 1. The van der Waals surface area contributed by atoms with Gasteiger partial charge in [-0.15, -0.1) is 11.8 Å². The fourth-order valence-corrected chi connectivity index (χ4v) is 4.37. The summed E-state index contributed by atoms with van der Waals surface area (Å²) in [5.74, 6) is 1.29. The van der Waals surface area contributed by atoms with Gasteiger partial charge in [-0.05, 0) is 25.5 Å². The van der Waals surface area contributed by atoms with Crippen LogP contribution in [-0.2, 0) is 9.59 Å². The lowest BCUT2D eigenvalue weighted by molar-refractivity contribution is -0.135. The Labute approximate surface area is 128 Å². The Morgan fingerprint density at radius 2 is 2.33 bits per heavy atom. The number of nitrogens with zero attached hydrogens (tertiary/aromatic N) is 1. The van der Waals surface area contributed by atoms with Crippen molar-refractivity contribution in [2.75, 3.05) is 18.2 Å². The molecule has 0 aromatic heterocycles. The lowest BCUT2D eigenvalue weighted by Gasteiger charge is -2.29. The summed E-state index contributed by atoms with van der Waals surface area (Å²) in [5, 5.41) is 2.88. The first-order chi connectivity index (χ1) is 10.0. The van der Waals surface area contributed by atoms with Gasteiger partial charge in [0.15, 0.2) is 0 Å². The number of anilines is 1. The zero-order valence-corrected chi connectivity index (χ0v) is 12.9. The molecule has 2 aliphatic heterocycles. The molecule has 2 heterocycles. The minimum atomic E-state index is -0.388. The first-order valence-electron chi connectivity index (χ1n) is 6.94. The molecule has 3 rings (SSSR count). The number of benzene rings is 1. The topological polar surface area (TPSA) is 58.6 Å². The number of fused-ring (bicyclic) bond motifs is 1. The summed E-state index contributed by atoms with van der Waals surface area (Å²) in [6, 6.07) is 6.84. The van der Waals surface area contributed by atoms with E-state index in [9.17, 15) is 9.59 Å². The molecule has 0 bridgehead atoms. The minimum Gasteiger partial charge on any atom is -0.497 e. The van der Waals surface area contributed by atoms with Crippen LogP contribution in [0.4, 0.5) is 5.69 Å². The van der Waals surface area contributed by atoms with Crippen molar-refractivity contribution in [2.45, 2.75) is 30.7 Å². The van der Waals surface area contributed by atoms with Gasteiger partial charge in [0.05, 0.1) is 12.0 Å². The van der Waals surface area contributed by atoms with E-state index in [0.29, 0.717) is 23.6 Å². The molecule has 2 amide bonds. The second-order valence-electron chi connectivity index (χ2n) is 5.49. The predicted octanol–water partition coefficient (Wildman–Crippen LogP) is 2.09.